The van der Waals surface area contributed by atoms with Gasteiger partial charge in [0.25, 0.3) is 0 Å². The van der Waals surface area contributed by atoms with Crippen LogP contribution < -0.4 is 15.4 Å². The van der Waals surface area contributed by atoms with Crippen LogP contribution in [0.15, 0.2) is 35.6 Å². The van der Waals surface area contributed by atoms with Crippen molar-refractivity contribution < 1.29 is 27.0 Å². The number of benzene rings is 1. The molecule has 0 aliphatic carbocycles. The third-order valence-electron chi connectivity index (χ3n) is 6.99. The Balaban J connectivity index is 1.41. The van der Waals surface area contributed by atoms with E-state index in [-0.39, 0.29) is 29.2 Å². The van der Waals surface area contributed by atoms with Crippen LogP contribution in [0.4, 0.5) is 34.9 Å². The minimum absolute atomic E-state index is 0.0636. The number of alkyl halides is 4. The van der Waals surface area contributed by atoms with Gasteiger partial charge >= 0.3 is 6.18 Å². The summed E-state index contributed by atoms with van der Waals surface area (Å²) < 4.78 is 66.6. The number of methoxy groups -OCH3 is 1. The van der Waals surface area contributed by atoms with E-state index in [4.69, 9.17) is 15.0 Å². The number of likely N-dealkylation sites (tertiary alicyclic amines) is 1. The largest absolute Gasteiger partial charge is 0.479 e. The van der Waals surface area contributed by atoms with Crippen molar-refractivity contribution >= 4 is 22.8 Å². The van der Waals surface area contributed by atoms with E-state index in [1.807, 2.05) is 0 Å². The summed E-state index contributed by atoms with van der Waals surface area (Å²) in [5.41, 5.74) is 9.10. The number of aromatic nitrogens is 3. The molecule has 3 N–H and O–H groups in total. The van der Waals surface area contributed by atoms with Gasteiger partial charge in [-0.1, -0.05) is 6.07 Å². The van der Waals surface area contributed by atoms with Crippen LogP contribution in [0.5, 0.6) is 5.88 Å². The van der Waals surface area contributed by atoms with Gasteiger partial charge in [-0.3, -0.25) is 4.90 Å². The van der Waals surface area contributed by atoms with Crippen LogP contribution in [0, 0.1) is 5.53 Å². The van der Waals surface area contributed by atoms with Crippen LogP contribution in [0.2, 0.25) is 0 Å². The third kappa shape index (κ3) is 5.10. The fourth-order valence-electron chi connectivity index (χ4n) is 4.68. The maximum absolute atomic E-state index is 15.0. The molecule has 204 valence electrons. The molecule has 0 bridgehead atoms. The molecule has 3 aromatic rings. The normalized spacial score (nSPS) is 21.6. The number of nitrogens with one attached hydrogen (secondary N) is 3. The number of anilines is 2. The predicted molar refractivity (Wildman–Crippen MR) is 132 cm³/mol. The van der Waals surface area contributed by atoms with Crippen molar-refractivity contribution in [3.8, 4) is 17.0 Å². The SMILES string of the molecule is COc1nc(N[C@@H]2CCN(C3COC3)C[C@H]2F)nn2ccc(-c3ccc(N=N)c(N[C@@H](C)C(F)(F)F)c3)c12. The average Bonchev–Trinajstić information content (AvgIpc) is 3.27. The molecule has 38 heavy (non-hydrogen) atoms. The molecule has 5 rings (SSSR count). The van der Waals surface area contributed by atoms with Crippen molar-refractivity contribution in [1.82, 2.24) is 19.5 Å². The number of ether oxygens (including phenoxy) is 2. The van der Waals surface area contributed by atoms with Gasteiger partial charge < -0.3 is 20.1 Å². The van der Waals surface area contributed by atoms with E-state index in [2.05, 4.69) is 30.7 Å². The zero-order valence-corrected chi connectivity index (χ0v) is 20.8. The third-order valence-corrected chi connectivity index (χ3v) is 6.99. The summed E-state index contributed by atoms with van der Waals surface area (Å²) in [5, 5.41) is 13.3. The van der Waals surface area contributed by atoms with E-state index < -0.39 is 24.4 Å². The Hall–Kier alpha value is -3.52. The van der Waals surface area contributed by atoms with Crippen molar-refractivity contribution in [2.24, 2.45) is 5.11 Å². The first-order valence-corrected chi connectivity index (χ1v) is 12.2. The minimum Gasteiger partial charge on any atom is -0.479 e. The van der Waals surface area contributed by atoms with E-state index in [1.165, 1.54) is 23.8 Å². The second-order valence-electron chi connectivity index (χ2n) is 9.46. The summed E-state index contributed by atoms with van der Waals surface area (Å²) in [7, 11) is 1.44. The lowest BCUT2D eigenvalue weighted by atomic mass is 10.0. The molecule has 0 amide bonds. The van der Waals surface area contributed by atoms with Gasteiger partial charge in [0.2, 0.25) is 11.8 Å². The molecule has 2 saturated heterocycles. The van der Waals surface area contributed by atoms with Gasteiger partial charge in [-0.25, -0.2) is 14.4 Å². The lowest BCUT2D eigenvalue weighted by molar-refractivity contribution is -0.138. The number of hydrogen-bond donors (Lipinski definition) is 3. The second kappa shape index (κ2) is 10.3. The van der Waals surface area contributed by atoms with Gasteiger partial charge in [-0.2, -0.15) is 23.3 Å². The number of fused-ring (bicyclic) bond motifs is 1. The van der Waals surface area contributed by atoms with Gasteiger partial charge in [0, 0.05) is 24.8 Å². The Morgan fingerprint density at radius 3 is 2.68 bits per heavy atom. The maximum atomic E-state index is 15.0. The first-order chi connectivity index (χ1) is 18.2. The monoisotopic (exact) mass is 536 g/mol. The molecule has 0 spiro atoms. The molecule has 0 saturated carbocycles. The summed E-state index contributed by atoms with van der Waals surface area (Å²) in [6.07, 6.45) is -3.33. The molecule has 3 atom stereocenters. The molecular weight excluding hydrogens is 508 g/mol. The number of piperidine rings is 1. The van der Waals surface area contributed by atoms with Crippen molar-refractivity contribution in [2.45, 2.75) is 43.8 Å². The van der Waals surface area contributed by atoms with Crippen LogP contribution >= 0.6 is 0 Å². The van der Waals surface area contributed by atoms with Crippen LogP contribution in [0.1, 0.15) is 13.3 Å². The van der Waals surface area contributed by atoms with E-state index in [0.29, 0.717) is 42.8 Å². The van der Waals surface area contributed by atoms with Gasteiger partial charge in [0.15, 0.2) is 0 Å². The second-order valence-corrected chi connectivity index (χ2v) is 9.46. The Labute approximate surface area is 215 Å². The van der Waals surface area contributed by atoms with Crippen molar-refractivity contribution in [2.75, 3.05) is 44.0 Å². The van der Waals surface area contributed by atoms with Crippen LogP contribution in [0.25, 0.3) is 16.6 Å². The Kier molecular flexibility index (Phi) is 7.09. The summed E-state index contributed by atoms with van der Waals surface area (Å²) >= 11 is 0. The molecule has 0 radical (unpaired) electrons. The summed E-state index contributed by atoms with van der Waals surface area (Å²) in [5.74, 6) is 0.420. The average molecular weight is 537 g/mol. The molecule has 0 unspecified atom stereocenters. The molecule has 14 heteroatoms. The van der Waals surface area contributed by atoms with Gasteiger partial charge in [0.05, 0.1) is 38.1 Å². The molecule has 2 aliphatic rings. The lowest BCUT2D eigenvalue weighted by Crippen LogP contribution is -2.57. The standard InChI is InChI=1S/C24H28F4N8O2/c1-13(24(26,27)28)30-20-9-14(3-4-19(20)33-29)16-5-8-36-21(16)22(37-2)32-23(34-36)31-18-6-7-35(10-17(18)25)15-11-38-12-15/h3-5,8-9,13,15,17-18,29-30H,6-7,10-12H2,1-2H3,(H,31,34)/t13-,17+,18+/m0/s1. The highest BCUT2D eigenvalue weighted by molar-refractivity contribution is 5.87. The quantitative estimate of drug-likeness (QED) is 0.284. The topological polar surface area (TPSA) is 112 Å². The first kappa shape index (κ1) is 26.1. The van der Waals surface area contributed by atoms with Crippen LogP contribution in [-0.2, 0) is 4.74 Å². The summed E-state index contributed by atoms with van der Waals surface area (Å²) in [6, 6.07) is 4.30. The fraction of sp³-hybridized carbons (Fsp3) is 0.500. The van der Waals surface area contributed by atoms with Crippen LogP contribution in [-0.4, -0.2) is 83.4 Å². The highest BCUT2D eigenvalue weighted by Crippen LogP contribution is 2.37. The van der Waals surface area contributed by atoms with Crippen molar-refractivity contribution in [1.29, 1.82) is 5.53 Å². The molecule has 10 nitrogen and oxygen atoms in total. The molecule has 2 aromatic heterocycles. The van der Waals surface area contributed by atoms with Crippen LogP contribution in [0.3, 0.4) is 0 Å². The summed E-state index contributed by atoms with van der Waals surface area (Å²) in [4.78, 5) is 6.55. The van der Waals surface area contributed by atoms with Gasteiger partial charge in [-0.15, -0.1) is 5.10 Å². The predicted octanol–water partition coefficient (Wildman–Crippen LogP) is 4.65. The smallest absolute Gasteiger partial charge is 0.408 e. The highest BCUT2D eigenvalue weighted by atomic mass is 19.4. The zero-order valence-electron chi connectivity index (χ0n) is 20.8. The van der Waals surface area contributed by atoms with E-state index in [0.717, 1.165) is 13.5 Å². The van der Waals surface area contributed by atoms with Gasteiger partial charge in [-0.05, 0) is 37.1 Å². The lowest BCUT2D eigenvalue weighted by Gasteiger charge is -2.42. The Bertz CT molecular complexity index is 1310. The van der Waals surface area contributed by atoms with Gasteiger partial charge in [0.1, 0.15) is 23.4 Å². The number of hydrogen-bond acceptors (Lipinski definition) is 9. The highest BCUT2D eigenvalue weighted by Gasteiger charge is 2.37. The maximum Gasteiger partial charge on any atom is 0.408 e. The first-order valence-electron chi connectivity index (χ1n) is 12.2. The molecule has 4 heterocycles. The van der Waals surface area contributed by atoms with E-state index in [1.54, 1.807) is 18.3 Å². The van der Waals surface area contributed by atoms with E-state index in [9.17, 15) is 17.6 Å². The fourth-order valence-corrected chi connectivity index (χ4v) is 4.68. The Morgan fingerprint density at radius 1 is 1.26 bits per heavy atom. The molecule has 1 aromatic carbocycles. The Morgan fingerprint density at radius 2 is 2.05 bits per heavy atom. The summed E-state index contributed by atoms with van der Waals surface area (Å²) in [6.45, 7) is 3.31. The van der Waals surface area contributed by atoms with Crippen molar-refractivity contribution in [3.05, 3.63) is 30.5 Å². The number of halogens is 4. The van der Waals surface area contributed by atoms with E-state index >= 15 is 0 Å². The molecule has 2 aliphatic heterocycles. The number of rotatable bonds is 8. The number of nitrogens with zero attached hydrogens (tertiary/aromatic N) is 5. The van der Waals surface area contributed by atoms with Crippen molar-refractivity contribution in [3.63, 3.8) is 0 Å². The molecular formula is C24H28F4N8O2. The minimum atomic E-state index is -4.47. The zero-order chi connectivity index (χ0) is 27.0. The molecule has 2 fully saturated rings.